The Hall–Kier alpha value is -2.86. The molecular weight excluding hydrogens is 402 g/mol. The van der Waals surface area contributed by atoms with Gasteiger partial charge in [-0.1, -0.05) is 29.8 Å². The van der Waals surface area contributed by atoms with Gasteiger partial charge in [-0.3, -0.25) is 29.0 Å². The van der Waals surface area contributed by atoms with Crippen molar-refractivity contribution >= 4 is 45.0 Å². The summed E-state index contributed by atoms with van der Waals surface area (Å²) in [5, 5.41) is 14.2. The Morgan fingerprint density at radius 2 is 1.78 bits per heavy atom. The van der Waals surface area contributed by atoms with Gasteiger partial charge in [0.15, 0.2) is 0 Å². The van der Waals surface area contributed by atoms with Gasteiger partial charge in [-0.25, -0.2) is 0 Å². The largest absolute Gasteiger partial charge is 0.394 e. The Morgan fingerprint density at radius 1 is 1.15 bits per heavy atom. The van der Waals surface area contributed by atoms with Gasteiger partial charge < -0.3 is 5.32 Å². The molecule has 0 spiro atoms. The third-order valence-electron chi connectivity index (χ3n) is 3.25. The number of benzodiazepines with no additional fused rings is 1. The van der Waals surface area contributed by atoms with Crippen LogP contribution in [-0.2, 0) is 15.2 Å². The van der Waals surface area contributed by atoms with Crippen LogP contribution >= 0.6 is 11.6 Å². The number of carbonyl (C=O) groups excluding carboxylic acids is 1. The van der Waals surface area contributed by atoms with E-state index in [9.17, 15) is 14.9 Å². The van der Waals surface area contributed by atoms with Gasteiger partial charge in [-0.05, 0) is 12.1 Å². The van der Waals surface area contributed by atoms with E-state index in [4.69, 9.17) is 29.1 Å². The first-order valence-corrected chi connectivity index (χ1v) is 8.91. The van der Waals surface area contributed by atoms with Crippen molar-refractivity contribution in [2.45, 2.75) is 0 Å². The van der Waals surface area contributed by atoms with Crippen LogP contribution in [0.15, 0.2) is 47.5 Å². The van der Waals surface area contributed by atoms with Crippen LogP contribution in [0.1, 0.15) is 11.1 Å². The molecular formula is C15H12ClN3O7S. The molecule has 2 aromatic carbocycles. The molecule has 0 saturated carbocycles. The van der Waals surface area contributed by atoms with E-state index >= 15 is 0 Å². The van der Waals surface area contributed by atoms with E-state index in [1.54, 1.807) is 24.3 Å². The summed E-state index contributed by atoms with van der Waals surface area (Å²) in [5.41, 5.74) is 1.97. The van der Waals surface area contributed by atoms with Gasteiger partial charge in [0, 0.05) is 28.3 Å². The second kappa shape index (κ2) is 8.22. The maximum absolute atomic E-state index is 11.7. The number of amides is 1. The summed E-state index contributed by atoms with van der Waals surface area (Å²) in [6.07, 6.45) is 0. The van der Waals surface area contributed by atoms with E-state index in [0.717, 1.165) is 0 Å². The Bertz CT molecular complexity index is 1030. The van der Waals surface area contributed by atoms with E-state index in [2.05, 4.69) is 10.3 Å². The number of non-ortho nitro benzene ring substituents is 1. The molecule has 0 aliphatic carbocycles. The number of carbonyl (C=O) groups is 1. The van der Waals surface area contributed by atoms with Gasteiger partial charge in [-0.15, -0.1) is 0 Å². The van der Waals surface area contributed by atoms with Crippen LogP contribution in [0.2, 0.25) is 5.02 Å². The lowest BCUT2D eigenvalue weighted by Gasteiger charge is -2.11. The maximum Gasteiger partial charge on any atom is 0.394 e. The van der Waals surface area contributed by atoms with Crippen LogP contribution in [0.3, 0.4) is 0 Å². The first kappa shape index (κ1) is 20.5. The van der Waals surface area contributed by atoms with E-state index in [1.165, 1.54) is 18.2 Å². The average Bonchev–Trinajstić information content (AvgIpc) is 2.71. The standard InChI is InChI=1S/C15H10ClN3O3.H2O4S/c16-12-4-2-1-3-10(12)15-11-7-9(19(21)22)5-6-13(11)18-14(20)8-17-15;1-5(2,3)4/h1-7H,8H2,(H,18,20);(H2,1,2,3,4). The lowest BCUT2D eigenvalue weighted by atomic mass is 10.00. The zero-order valence-electron chi connectivity index (χ0n) is 13.4. The fraction of sp³-hybridized carbons (Fsp3) is 0.0667. The summed E-state index contributed by atoms with van der Waals surface area (Å²) in [4.78, 5) is 26.5. The molecule has 1 amide bonds. The second-order valence-electron chi connectivity index (χ2n) is 5.13. The number of nitrogens with zero attached hydrogens (tertiary/aromatic N) is 2. The third kappa shape index (κ3) is 5.82. The molecule has 0 aromatic heterocycles. The van der Waals surface area contributed by atoms with Crippen LogP contribution in [0.5, 0.6) is 0 Å². The van der Waals surface area contributed by atoms with E-state index in [0.29, 0.717) is 27.5 Å². The van der Waals surface area contributed by atoms with E-state index < -0.39 is 15.3 Å². The number of nitrogens with one attached hydrogen (secondary N) is 1. The molecule has 142 valence electrons. The number of rotatable bonds is 2. The second-order valence-corrected chi connectivity index (χ2v) is 6.43. The molecule has 1 heterocycles. The highest BCUT2D eigenvalue weighted by molar-refractivity contribution is 7.79. The molecule has 1 aliphatic heterocycles. The highest BCUT2D eigenvalue weighted by atomic mass is 35.5. The van der Waals surface area contributed by atoms with Crippen LogP contribution in [0.25, 0.3) is 0 Å². The summed E-state index contributed by atoms with van der Waals surface area (Å²) >= 11 is 6.20. The minimum atomic E-state index is -4.67. The lowest BCUT2D eigenvalue weighted by Crippen LogP contribution is -2.13. The zero-order valence-corrected chi connectivity index (χ0v) is 14.9. The first-order valence-electron chi connectivity index (χ1n) is 7.14. The highest BCUT2D eigenvalue weighted by Gasteiger charge is 2.22. The molecule has 3 N–H and O–H groups in total. The SMILES string of the molecule is O=C1CN=C(c2ccccc2Cl)c2cc([N+](=O)[O-])ccc2N1.O=S(=O)(O)O. The molecule has 0 fully saturated rings. The Balaban J connectivity index is 0.000000465. The topological polar surface area (TPSA) is 159 Å². The smallest absolute Gasteiger partial charge is 0.324 e. The fourth-order valence-electron chi connectivity index (χ4n) is 2.26. The number of hydrogen-bond donors (Lipinski definition) is 3. The Morgan fingerprint density at radius 3 is 2.37 bits per heavy atom. The highest BCUT2D eigenvalue weighted by Crippen LogP contribution is 2.29. The molecule has 0 saturated heterocycles. The number of benzene rings is 2. The summed E-state index contributed by atoms with van der Waals surface area (Å²) in [7, 11) is -4.67. The summed E-state index contributed by atoms with van der Waals surface area (Å²) < 4.78 is 31.6. The van der Waals surface area contributed by atoms with Crippen molar-refractivity contribution in [1.29, 1.82) is 0 Å². The minimum Gasteiger partial charge on any atom is -0.324 e. The Kier molecular flexibility index (Phi) is 6.23. The van der Waals surface area contributed by atoms with Crippen molar-refractivity contribution < 1.29 is 27.2 Å². The molecule has 12 heteroatoms. The summed E-state index contributed by atoms with van der Waals surface area (Å²) in [6.45, 7) is -0.0664. The number of nitro benzene ring substituents is 1. The third-order valence-corrected chi connectivity index (χ3v) is 3.58. The van der Waals surface area contributed by atoms with Gasteiger partial charge in [0.25, 0.3) is 5.69 Å². The average molecular weight is 414 g/mol. The van der Waals surface area contributed by atoms with E-state index in [-0.39, 0.29) is 18.1 Å². The van der Waals surface area contributed by atoms with Gasteiger partial charge in [0.2, 0.25) is 5.91 Å². The predicted octanol–water partition coefficient (Wildman–Crippen LogP) is 2.38. The number of aliphatic imine (C=N–C) groups is 1. The molecule has 2 aromatic rings. The fourth-order valence-corrected chi connectivity index (χ4v) is 2.49. The van der Waals surface area contributed by atoms with E-state index in [1.807, 2.05) is 0 Å². The summed E-state index contributed by atoms with van der Waals surface area (Å²) in [6, 6.07) is 11.3. The van der Waals surface area contributed by atoms with Crippen molar-refractivity contribution in [3.8, 4) is 0 Å². The van der Waals surface area contributed by atoms with Crippen LogP contribution in [0.4, 0.5) is 11.4 Å². The summed E-state index contributed by atoms with van der Waals surface area (Å²) in [5.74, 6) is -0.280. The van der Waals surface area contributed by atoms with Crippen molar-refractivity contribution in [2.24, 2.45) is 4.99 Å². The van der Waals surface area contributed by atoms with Crippen LogP contribution in [-0.4, -0.2) is 40.6 Å². The number of anilines is 1. The molecule has 0 radical (unpaired) electrons. The zero-order chi connectivity index (χ0) is 20.2. The van der Waals surface area contributed by atoms with Crippen molar-refractivity contribution in [3.05, 3.63) is 68.7 Å². The maximum atomic E-state index is 11.7. The van der Waals surface area contributed by atoms with Gasteiger partial charge in [0.1, 0.15) is 6.54 Å². The molecule has 0 atom stereocenters. The predicted molar refractivity (Wildman–Crippen MR) is 97.9 cm³/mol. The minimum absolute atomic E-state index is 0.0664. The lowest BCUT2D eigenvalue weighted by molar-refractivity contribution is -0.384. The first-order chi connectivity index (χ1) is 12.6. The molecule has 0 unspecified atom stereocenters. The van der Waals surface area contributed by atoms with Crippen LogP contribution in [0, 0.1) is 10.1 Å². The Labute approximate surface area is 158 Å². The molecule has 10 nitrogen and oxygen atoms in total. The monoisotopic (exact) mass is 413 g/mol. The van der Waals surface area contributed by atoms with Crippen LogP contribution < -0.4 is 5.32 Å². The molecule has 27 heavy (non-hydrogen) atoms. The van der Waals surface area contributed by atoms with Crippen molar-refractivity contribution in [2.75, 3.05) is 11.9 Å². The van der Waals surface area contributed by atoms with Gasteiger partial charge in [-0.2, -0.15) is 8.42 Å². The number of halogens is 1. The molecule has 0 bridgehead atoms. The number of hydrogen-bond acceptors (Lipinski definition) is 6. The van der Waals surface area contributed by atoms with Crippen molar-refractivity contribution in [1.82, 2.24) is 0 Å². The van der Waals surface area contributed by atoms with Crippen molar-refractivity contribution in [3.63, 3.8) is 0 Å². The number of fused-ring (bicyclic) bond motifs is 1. The normalized spacial score (nSPS) is 13.3. The number of nitro groups is 1. The molecule has 1 aliphatic rings. The molecule has 3 rings (SSSR count). The van der Waals surface area contributed by atoms with Gasteiger partial charge >= 0.3 is 10.4 Å². The van der Waals surface area contributed by atoms with Gasteiger partial charge in [0.05, 0.1) is 16.3 Å². The quantitative estimate of drug-likeness (QED) is 0.387.